The van der Waals surface area contributed by atoms with E-state index in [1.807, 2.05) is 45.0 Å². The summed E-state index contributed by atoms with van der Waals surface area (Å²) in [5, 5.41) is 15.9. The average molecular weight is 511 g/mol. The number of halogens is 1. The zero-order chi connectivity index (χ0) is 25.1. The predicted molar refractivity (Wildman–Crippen MR) is 135 cm³/mol. The van der Waals surface area contributed by atoms with Gasteiger partial charge in [0.15, 0.2) is 11.5 Å². The Balaban J connectivity index is 1.74. The molecule has 4 atom stereocenters. The Morgan fingerprint density at radius 3 is 2.32 bits per heavy atom. The number of thiol groups is 1. The highest BCUT2D eigenvalue weighted by atomic mass is 32.2. The number of hydrogen-bond donors (Lipinski definition) is 4. The first-order valence-electron chi connectivity index (χ1n) is 11.8. The molecular formula is C25H35FN2O4S2. The van der Waals surface area contributed by atoms with Crippen LogP contribution in [0.3, 0.4) is 0 Å². The van der Waals surface area contributed by atoms with Crippen molar-refractivity contribution in [1.82, 2.24) is 10.6 Å². The number of amides is 2. The van der Waals surface area contributed by atoms with Crippen LogP contribution in [0.25, 0.3) is 0 Å². The van der Waals surface area contributed by atoms with Gasteiger partial charge in [0, 0.05) is 23.0 Å². The monoisotopic (exact) mass is 510 g/mol. The number of carbonyl (C=O) groups is 3. The van der Waals surface area contributed by atoms with Crippen LogP contribution in [-0.2, 0) is 26.7 Å². The standard InChI is InChI=1S/C25H35FN2O4S2/c1-4-34-24(2,3)21(28-23(32)25(26)9-10-25)20(30)18-11-17(29)12-19(18)22(31)27-13-15-5-7-16(14-33)8-6-15/h5-8,17-19,21,29,33H,4,9-14H2,1-3H3,(H,27,31)(H,28,32)/t17-,18?,19+,21+/m0/s1. The van der Waals surface area contributed by atoms with Gasteiger partial charge in [0.25, 0.3) is 5.91 Å². The molecular weight excluding hydrogens is 475 g/mol. The molecule has 2 aliphatic rings. The first-order valence-corrected chi connectivity index (χ1v) is 13.4. The third-order valence-electron chi connectivity index (χ3n) is 6.78. The normalized spacial score (nSPS) is 24.4. The summed E-state index contributed by atoms with van der Waals surface area (Å²) in [6, 6.07) is 6.76. The first-order chi connectivity index (χ1) is 16.0. The molecule has 2 saturated carbocycles. The molecule has 2 fully saturated rings. The van der Waals surface area contributed by atoms with Gasteiger partial charge in [0.2, 0.25) is 5.91 Å². The topological polar surface area (TPSA) is 95.5 Å². The van der Waals surface area contributed by atoms with E-state index >= 15 is 0 Å². The lowest BCUT2D eigenvalue weighted by atomic mass is 9.83. The molecule has 1 unspecified atom stereocenters. The summed E-state index contributed by atoms with van der Waals surface area (Å²) in [5.74, 6) is -1.51. The van der Waals surface area contributed by atoms with Crippen LogP contribution in [0, 0.1) is 11.8 Å². The fourth-order valence-electron chi connectivity index (χ4n) is 4.55. The number of alkyl halides is 1. The van der Waals surface area contributed by atoms with Gasteiger partial charge in [0.05, 0.1) is 12.0 Å². The minimum absolute atomic E-state index is 0.146. The van der Waals surface area contributed by atoms with E-state index in [9.17, 15) is 23.9 Å². The highest BCUT2D eigenvalue weighted by molar-refractivity contribution is 8.00. The van der Waals surface area contributed by atoms with E-state index in [1.54, 1.807) is 0 Å². The average Bonchev–Trinajstić information content (AvgIpc) is 3.44. The number of aliphatic hydroxyl groups excluding tert-OH is 1. The van der Waals surface area contributed by atoms with Crippen LogP contribution < -0.4 is 10.6 Å². The molecule has 1 aromatic rings. The number of carbonyl (C=O) groups excluding carboxylic acids is 3. The van der Waals surface area contributed by atoms with Crippen LogP contribution in [0.5, 0.6) is 0 Å². The fourth-order valence-corrected chi connectivity index (χ4v) is 5.85. The minimum Gasteiger partial charge on any atom is -0.393 e. The molecule has 34 heavy (non-hydrogen) atoms. The third kappa shape index (κ3) is 6.34. The molecule has 2 amide bonds. The number of aliphatic hydroxyl groups is 1. The maximum atomic E-state index is 14.4. The third-order valence-corrected chi connectivity index (χ3v) is 8.41. The van der Waals surface area contributed by atoms with Crippen molar-refractivity contribution in [3.63, 3.8) is 0 Å². The predicted octanol–water partition coefficient (Wildman–Crippen LogP) is 3.21. The van der Waals surface area contributed by atoms with Crippen LogP contribution in [0.2, 0.25) is 0 Å². The highest BCUT2D eigenvalue weighted by Gasteiger charge is 2.54. The second-order valence-electron chi connectivity index (χ2n) is 9.84. The SMILES string of the molecule is CCSC(C)(C)[C@H](NC(=O)C1(F)CC1)C(=O)C1C[C@H](O)C[C@H]1C(=O)NCc1ccc(CS)cc1. The van der Waals surface area contributed by atoms with Crippen LogP contribution in [0.1, 0.15) is 57.6 Å². The largest absolute Gasteiger partial charge is 0.393 e. The van der Waals surface area contributed by atoms with Crippen LogP contribution in [0.15, 0.2) is 24.3 Å². The van der Waals surface area contributed by atoms with Crippen molar-refractivity contribution < 1.29 is 23.9 Å². The Kier molecular flexibility index (Phi) is 8.74. The minimum atomic E-state index is -1.90. The molecule has 2 aliphatic carbocycles. The number of thioether (sulfide) groups is 1. The van der Waals surface area contributed by atoms with E-state index < -0.39 is 40.3 Å². The van der Waals surface area contributed by atoms with Crippen molar-refractivity contribution in [2.45, 2.75) is 81.3 Å². The van der Waals surface area contributed by atoms with Crippen molar-refractivity contribution >= 4 is 42.0 Å². The maximum Gasteiger partial charge on any atom is 0.258 e. The van der Waals surface area contributed by atoms with Gasteiger partial charge >= 0.3 is 0 Å². The molecule has 1 aromatic carbocycles. The summed E-state index contributed by atoms with van der Waals surface area (Å²) < 4.78 is 13.7. The zero-order valence-corrected chi connectivity index (χ0v) is 21.7. The molecule has 3 rings (SSSR count). The number of Topliss-reactive ketones (excluding diaryl/α,β-unsaturated/α-hetero) is 1. The Hall–Kier alpha value is -1.58. The van der Waals surface area contributed by atoms with Gasteiger partial charge in [-0.2, -0.15) is 24.4 Å². The number of ketones is 1. The van der Waals surface area contributed by atoms with Gasteiger partial charge in [-0.25, -0.2) is 4.39 Å². The van der Waals surface area contributed by atoms with E-state index in [-0.39, 0.29) is 37.4 Å². The van der Waals surface area contributed by atoms with Gasteiger partial charge in [-0.15, -0.1) is 0 Å². The summed E-state index contributed by atoms with van der Waals surface area (Å²) in [4.78, 5) is 39.3. The molecule has 0 spiro atoms. The van der Waals surface area contributed by atoms with Gasteiger partial charge in [-0.3, -0.25) is 14.4 Å². The Morgan fingerprint density at radius 1 is 1.18 bits per heavy atom. The molecule has 9 heteroatoms. The van der Waals surface area contributed by atoms with Crippen LogP contribution in [0.4, 0.5) is 4.39 Å². The maximum absolute atomic E-state index is 14.4. The Bertz CT molecular complexity index is 905. The summed E-state index contributed by atoms with van der Waals surface area (Å²) in [5.41, 5.74) is 0.0912. The molecule has 0 bridgehead atoms. The van der Waals surface area contributed by atoms with Gasteiger partial charge in [-0.05, 0) is 56.4 Å². The van der Waals surface area contributed by atoms with Crippen molar-refractivity contribution in [2.24, 2.45) is 11.8 Å². The second-order valence-corrected chi connectivity index (χ2v) is 12.1. The van der Waals surface area contributed by atoms with E-state index in [0.29, 0.717) is 18.1 Å². The number of hydrogen-bond acceptors (Lipinski definition) is 6. The molecule has 188 valence electrons. The smallest absolute Gasteiger partial charge is 0.258 e. The van der Waals surface area contributed by atoms with E-state index in [1.165, 1.54) is 11.8 Å². The fraction of sp³-hybridized carbons (Fsp3) is 0.640. The molecule has 0 saturated heterocycles. The molecule has 0 aliphatic heterocycles. The van der Waals surface area contributed by atoms with E-state index in [2.05, 4.69) is 23.3 Å². The number of nitrogens with one attached hydrogen (secondary N) is 2. The van der Waals surface area contributed by atoms with Crippen LogP contribution >= 0.6 is 24.4 Å². The molecule has 0 radical (unpaired) electrons. The van der Waals surface area contributed by atoms with Gasteiger partial charge in [-0.1, -0.05) is 31.2 Å². The van der Waals surface area contributed by atoms with Crippen molar-refractivity contribution in [3.05, 3.63) is 35.4 Å². The Labute approximate surface area is 210 Å². The second kappa shape index (κ2) is 11.0. The lowest BCUT2D eigenvalue weighted by molar-refractivity contribution is -0.137. The van der Waals surface area contributed by atoms with Crippen LogP contribution in [-0.4, -0.2) is 51.0 Å². The lowest BCUT2D eigenvalue weighted by Gasteiger charge is -2.36. The zero-order valence-electron chi connectivity index (χ0n) is 20.0. The van der Waals surface area contributed by atoms with Gasteiger partial charge < -0.3 is 15.7 Å². The van der Waals surface area contributed by atoms with Crippen molar-refractivity contribution in [1.29, 1.82) is 0 Å². The lowest BCUT2D eigenvalue weighted by Crippen LogP contribution is -2.57. The molecule has 0 aromatic heterocycles. The first kappa shape index (κ1) is 27.0. The number of rotatable bonds is 11. The molecule has 3 N–H and O–H groups in total. The summed E-state index contributed by atoms with van der Waals surface area (Å²) >= 11 is 5.74. The quantitative estimate of drug-likeness (QED) is 0.343. The highest BCUT2D eigenvalue weighted by Crippen LogP contribution is 2.42. The summed E-state index contributed by atoms with van der Waals surface area (Å²) in [7, 11) is 0. The van der Waals surface area contributed by atoms with Gasteiger partial charge in [0.1, 0.15) is 6.04 Å². The van der Waals surface area contributed by atoms with Crippen molar-refractivity contribution in [3.8, 4) is 0 Å². The van der Waals surface area contributed by atoms with Crippen molar-refractivity contribution in [2.75, 3.05) is 5.75 Å². The van der Waals surface area contributed by atoms with E-state index in [4.69, 9.17) is 0 Å². The molecule has 0 heterocycles. The van der Waals surface area contributed by atoms with E-state index in [0.717, 1.165) is 11.1 Å². The Morgan fingerprint density at radius 2 is 1.76 bits per heavy atom. The summed E-state index contributed by atoms with van der Waals surface area (Å²) in [6.07, 6.45) is -0.149. The summed E-state index contributed by atoms with van der Waals surface area (Å²) in [6.45, 7) is 5.94. The number of benzene rings is 1. The molecule has 6 nitrogen and oxygen atoms in total.